The first-order valence-corrected chi connectivity index (χ1v) is 9.60. The Balaban J connectivity index is 1.36. The van der Waals surface area contributed by atoms with Crippen LogP contribution in [0.2, 0.25) is 0 Å². The molecule has 0 radical (unpaired) electrons. The molecular weight excluding hydrogens is 368 g/mol. The molecule has 0 aromatic carbocycles. The summed E-state index contributed by atoms with van der Waals surface area (Å²) in [5, 5.41) is 0. The number of halogens is 2. The Hall–Kier alpha value is -2.35. The molecule has 3 fully saturated rings. The first-order chi connectivity index (χ1) is 13.4. The van der Waals surface area contributed by atoms with Gasteiger partial charge >= 0.3 is 0 Å². The third-order valence-electron chi connectivity index (χ3n) is 6.37. The smallest absolute Gasteiger partial charge is 0.251 e. The maximum Gasteiger partial charge on any atom is 0.251 e. The highest BCUT2D eigenvalue weighted by atomic mass is 19.3. The van der Waals surface area contributed by atoms with Gasteiger partial charge in [0.15, 0.2) is 0 Å². The molecule has 148 valence electrons. The molecule has 4 atom stereocenters. The molecule has 1 spiro atoms. The summed E-state index contributed by atoms with van der Waals surface area (Å²) in [5.74, 6) is -4.30. The second kappa shape index (κ2) is 6.07. The van der Waals surface area contributed by atoms with E-state index in [4.69, 9.17) is 4.74 Å². The van der Waals surface area contributed by atoms with Gasteiger partial charge in [-0.05, 0) is 11.6 Å². The number of alkyl halides is 2. The lowest BCUT2D eigenvalue weighted by molar-refractivity contribution is -0.147. The summed E-state index contributed by atoms with van der Waals surface area (Å²) in [6.45, 7) is 0.835. The molecule has 6 nitrogen and oxygen atoms in total. The van der Waals surface area contributed by atoms with Crippen molar-refractivity contribution in [1.82, 2.24) is 14.8 Å². The van der Waals surface area contributed by atoms with Gasteiger partial charge in [-0.15, -0.1) is 0 Å². The van der Waals surface area contributed by atoms with E-state index in [1.54, 1.807) is 17.3 Å². The summed E-state index contributed by atoms with van der Waals surface area (Å²) in [4.78, 5) is 33.6. The average molecular weight is 389 g/mol. The van der Waals surface area contributed by atoms with Crippen molar-refractivity contribution in [2.24, 2.45) is 11.8 Å². The van der Waals surface area contributed by atoms with Crippen LogP contribution in [0.1, 0.15) is 18.4 Å². The zero-order valence-corrected chi connectivity index (χ0v) is 15.3. The number of hydrogen-bond acceptors (Lipinski definition) is 4. The number of hydrogen-bond donors (Lipinski definition) is 0. The van der Waals surface area contributed by atoms with Crippen molar-refractivity contribution in [2.45, 2.75) is 37.0 Å². The summed E-state index contributed by atoms with van der Waals surface area (Å²) in [7, 11) is 0. The van der Waals surface area contributed by atoms with Gasteiger partial charge in [-0.1, -0.05) is 18.2 Å². The van der Waals surface area contributed by atoms with Gasteiger partial charge in [0.25, 0.3) is 5.92 Å². The first-order valence-electron chi connectivity index (χ1n) is 9.60. The van der Waals surface area contributed by atoms with Crippen LogP contribution in [0.5, 0.6) is 0 Å². The number of aromatic nitrogens is 1. The Morgan fingerprint density at radius 1 is 1.32 bits per heavy atom. The molecule has 4 aliphatic heterocycles. The molecule has 2 unspecified atom stereocenters. The number of rotatable bonds is 3. The molecule has 1 aromatic rings. The maximum absolute atomic E-state index is 13.5. The molecule has 8 heteroatoms. The number of nitrogens with zero attached hydrogens (tertiary/aromatic N) is 3. The Bertz CT molecular complexity index is 836. The summed E-state index contributed by atoms with van der Waals surface area (Å²) in [6.07, 6.45) is 6.02. The van der Waals surface area contributed by atoms with Gasteiger partial charge in [0.2, 0.25) is 11.8 Å². The van der Waals surface area contributed by atoms with Crippen LogP contribution in [-0.4, -0.2) is 63.9 Å². The van der Waals surface area contributed by atoms with Crippen molar-refractivity contribution < 1.29 is 23.1 Å². The monoisotopic (exact) mass is 389 g/mol. The highest BCUT2D eigenvalue weighted by Crippen LogP contribution is 2.52. The standard InChI is InChI=1S/C20H21F2N3O3/c21-20(22)5-8-24(9-6-20)17(26)15-14-3-4-19(28-14)12-25(18(27)16(15)19)11-13-2-1-7-23-10-13/h1-4,7,10,14-16H,5-6,8-9,11-12H2/t14-,15?,16?,19-/m0/s1. The molecule has 3 saturated heterocycles. The van der Waals surface area contributed by atoms with Crippen LogP contribution < -0.4 is 0 Å². The minimum absolute atomic E-state index is 0.0199. The molecule has 5 rings (SSSR count). The van der Waals surface area contributed by atoms with Crippen molar-refractivity contribution in [3.05, 3.63) is 42.2 Å². The van der Waals surface area contributed by atoms with Crippen LogP contribution in [0.25, 0.3) is 0 Å². The molecule has 2 amide bonds. The number of fused-ring (bicyclic) bond motifs is 1. The van der Waals surface area contributed by atoms with E-state index in [0.29, 0.717) is 13.1 Å². The fraction of sp³-hybridized carbons (Fsp3) is 0.550. The Kier molecular flexibility index (Phi) is 3.84. The molecule has 5 heterocycles. The van der Waals surface area contributed by atoms with E-state index < -0.39 is 29.5 Å². The molecule has 0 N–H and O–H groups in total. The quantitative estimate of drug-likeness (QED) is 0.737. The van der Waals surface area contributed by atoms with E-state index in [1.807, 2.05) is 24.3 Å². The highest BCUT2D eigenvalue weighted by molar-refractivity contribution is 5.93. The lowest BCUT2D eigenvalue weighted by atomic mass is 9.76. The van der Waals surface area contributed by atoms with Crippen molar-refractivity contribution in [3.63, 3.8) is 0 Å². The molecule has 1 aromatic heterocycles. The third-order valence-corrected chi connectivity index (χ3v) is 6.37. The van der Waals surface area contributed by atoms with E-state index >= 15 is 0 Å². The number of amides is 2. The number of carbonyl (C=O) groups is 2. The molecule has 2 bridgehead atoms. The second-order valence-electron chi connectivity index (χ2n) is 8.14. The van der Waals surface area contributed by atoms with Gasteiger partial charge in [0, 0.05) is 44.9 Å². The SMILES string of the molecule is O=C(C1C2C(=O)N(Cc3cccnc3)C[C@@]23C=C[C@@H]1O3)N1CCC(F)(F)CC1. The third kappa shape index (κ3) is 2.65. The molecule has 28 heavy (non-hydrogen) atoms. The lowest BCUT2D eigenvalue weighted by Crippen LogP contribution is -2.50. The predicted octanol–water partition coefficient (Wildman–Crippen LogP) is 1.62. The van der Waals surface area contributed by atoms with Gasteiger partial charge in [-0.25, -0.2) is 8.78 Å². The minimum Gasteiger partial charge on any atom is -0.360 e. The normalized spacial score (nSPS) is 35.5. The number of ether oxygens (including phenoxy) is 1. The van der Waals surface area contributed by atoms with Gasteiger partial charge in [-0.2, -0.15) is 0 Å². The Morgan fingerprint density at radius 3 is 2.82 bits per heavy atom. The van der Waals surface area contributed by atoms with Crippen LogP contribution in [0.4, 0.5) is 8.78 Å². The fourth-order valence-electron chi connectivity index (χ4n) is 4.97. The van der Waals surface area contributed by atoms with E-state index in [9.17, 15) is 18.4 Å². The van der Waals surface area contributed by atoms with E-state index in [1.165, 1.54) is 4.90 Å². The highest BCUT2D eigenvalue weighted by Gasteiger charge is 2.67. The van der Waals surface area contributed by atoms with Crippen LogP contribution in [0, 0.1) is 11.8 Å². The average Bonchev–Trinajstić information content (AvgIpc) is 3.31. The van der Waals surface area contributed by atoms with Crippen molar-refractivity contribution in [1.29, 1.82) is 0 Å². The van der Waals surface area contributed by atoms with Crippen LogP contribution in [0.3, 0.4) is 0 Å². The summed E-state index contributed by atoms with van der Waals surface area (Å²) in [6, 6.07) is 3.71. The van der Waals surface area contributed by atoms with Crippen molar-refractivity contribution >= 4 is 11.8 Å². The van der Waals surface area contributed by atoms with E-state index in [-0.39, 0.29) is 37.7 Å². The zero-order valence-electron chi connectivity index (χ0n) is 15.3. The van der Waals surface area contributed by atoms with Crippen LogP contribution >= 0.6 is 0 Å². The number of pyridine rings is 1. The zero-order chi connectivity index (χ0) is 19.5. The number of carbonyl (C=O) groups excluding carboxylic acids is 2. The maximum atomic E-state index is 13.5. The van der Waals surface area contributed by atoms with Gasteiger partial charge < -0.3 is 14.5 Å². The Labute approximate surface area is 161 Å². The largest absolute Gasteiger partial charge is 0.360 e. The summed E-state index contributed by atoms with van der Waals surface area (Å²) in [5.41, 5.74) is 0.121. The number of piperidine rings is 1. The second-order valence-corrected chi connectivity index (χ2v) is 8.14. The topological polar surface area (TPSA) is 62.7 Å². The van der Waals surface area contributed by atoms with Crippen molar-refractivity contribution in [2.75, 3.05) is 19.6 Å². The summed E-state index contributed by atoms with van der Waals surface area (Å²) < 4.78 is 33.0. The molecular formula is C20H21F2N3O3. The van der Waals surface area contributed by atoms with Gasteiger partial charge in [0.05, 0.1) is 24.5 Å². The van der Waals surface area contributed by atoms with Gasteiger partial charge in [-0.3, -0.25) is 14.6 Å². The minimum atomic E-state index is -2.72. The van der Waals surface area contributed by atoms with Gasteiger partial charge in [0.1, 0.15) is 5.60 Å². The predicted molar refractivity (Wildman–Crippen MR) is 94.1 cm³/mol. The summed E-state index contributed by atoms with van der Waals surface area (Å²) >= 11 is 0. The van der Waals surface area contributed by atoms with E-state index in [0.717, 1.165) is 5.56 Å². The Morgan fingerprint density at radius 2 is 2.11 bits per heavy atom. The van der Waals surface area contributed by atoms with E-state index in [2.05, 4.69) is 4.98 Å². The lowest BCUT2D eigenvalue weighted by Gasteiger charge is -2.35. The number of likely N-dealkylation sites (tertiary alicyclic amines) is 2. The molecule has 0 aliphatic carbocycles. The van der Waals surface area contributed by atoms with Crippen LogP contribution in [-0.2, 0) is 20.9 Å². The first kappa shape index (κ1) is 17.7. The molecule has 0 saturated carbocycles. The molecule has 4 aliphatic rings. The van der Waals surface area contributed by atoms with Crippen molar-refractivity contribution in [3.8, 4) is 0 Å². The fourth-order valence-corrected chi connectivity index (χ4v) is 4.97. The van der Waals surface area contributed by atoms with Crippen LogP contribution in [0.15, 0.2) is 36.7 Å².